The predicted molar refractivity (Wildman–Crippen MR) is 45.8 cm³/mol. The third kappa shape index (κ3) is 7.28. The lowest BCUT2D eigenvalue weighted by atomic mass is 10.4. The van der Waals surface area contributed by atoms with E-state index < -0.39 is 15.8 Å². The van der Waals surface area contributed by atoms with Gasteiger partial charge in [0, 0.05) is 6.42 Å². The number of nitriles is 1. The van der Waals surface area contributed by atoms with Crippen LogP contribution in [0.5, 0.6) is 0 Å². The topological polar surface area (TPSA) is 95.2 Å². The van der Waals surface area contributed by atoms with Crippen molar-refractivity contribution in [3.63, 3.8) is 0 Å². The smallest absolute Gasteiger partial charge is 0.304 e. The number of rotatable bonds is 6. The van der Waals surface area contributed by atoms with Crippen molar-refractivity contribution in [2.24, 2.45) is 0 Å². The molecule has 6 heteroatoms. The van der Waals surface area contributed by atoms with Crippen LogP contribution >= 0.6 is 0 Å². The lowest BCUT2D eigenvalue weighted by Gasteiger charge is -1.99. The number of sulfone groups is 1. The van der Waals surface area contributed by atoms with Gasteiger partial charge in [0.05, 0.1) is 24.0 Å². The van der Waals surface area contributed by atoms with E-state index in [1.54, 1.807) is 0 Å². The maximum absolute atomic E-state index is 11.0. The first-order valence-electron chi connectivity index (χ1n) is 3.77. The molecule has 0 fully saturated rings. The molecule has 0 aliphatic heterocycles. The van der Waals surface area contributed by atoms with Crippen LogP contribution in [0.2, 0.25) is 0 Å². The van der Waals surface area contributed by atoms with E-state index in [0.717, 1.165) is 0 Å². The highest BCUT2D eigenvalue weighted by molar-refractivity contribution is 7.91. The van der Waals surface area contributed by atoms with Gasteiger partial charge in [0.1, 0.15) is 0 Å². The molecular formula is C7H11NO4S. The molecule has 0 heterocycles. The fraction of sp³-hybridized carbons (Fsp3) is 0.714. The molecular weight excluding hydrogens is 194 g/mol. The zero-order valence-electron chi connectivity index (χ0n) is 7.06. The van der Waals surface area contributed by atoms with E-state index in [1.807, 2.05) is 6.07 Å². The molecule has 0 radical (unpaired) electrons. The molecule has 0 saturated carbocycles. The number of unbranched alkanes of at least 4 members (excludes halogenated alkanes) is 1. The molecule has 0 aliphatic carbocycles. The molecule has 0 rings (SSSR count). The fourth-order valence-electron chi connectivity index (χ4n) is 0.716. The van der Waals surface area contributed by atoms with E-state index in [1.165, 1.54) is 0 Å². The molecule has 0 unspecified atom stereocenters. The number of carboxylic acids is 1. The van der Waals surface area contributed by atoms with Gasteiger partial charge in [-0.05, 0) is 6.42 Å². The Kier molecular flexibility index (Phi) is 5.07. The quantitative estimate of drug-likeness (QED) is 0.624. The van der Waals surface area contributed by atoms with Crippen LogP contribution in [-0.4, -0.2) is 31.0 Å². The predicted octanol–water partition coefficient (Wildman–Crippen LogP) is 0.180. The zero-order valence-corrected chi connectivity index (χ0v) is 7.88. The molecule has 0 bridgehead atoms. The average molecular weight is 205 g/mol. The van der Waals surface area contributed by atoms with Crippen LogP contribution in [0.4, 0.5) is 0 Å². The molecule has 0 aromatic carbocycles. The van der Waals surface area contributed by atoms with Crippen LogP contribution < -0.4 is 0 Å². The Hall–Kier alpha value is -1.09. The maximum atomic E-state index is 11.0. The van der Waals surface area contributed by atoms with Crippen LogP contribution in [-0.2, 0) is 14.6 Å². The van der Waals surface area contributed by atoms with E-state index in [2.05, 4.69) is 0 Å². The van der Waals surface area contributed by atoms with Gasteiger partial charge in [0.15, 0.2) is 9.84 Å². The fourth-order valence-corrected chi connectivity index (χ4v) is 1.99. The molecule has 74 valence electrons. The Balaban J connectivity index is 3.82. The first-order valence-corrected chi connectivity index (χ1v) is 5.59. The number of hydrogen-bond donors (Lipinski definition) is 1. The van der Waals surface area contributed by atoms with E-state index in [4.69, 9.17) is 10.4 Å². The molecule has 1 N–H and O–H groups in total. The molecule has 13 heavy (non-hydrogen) atoms. The van der Waals surface area contributed by atoms with Gasteiger partial charge < -0.3 is 5.11 Å². The van der Waals surface area contributed by atoms with Crippen LogP contribution in [0.1, 0.15) is 19.3 Å². The minimum absolute atomic E-state index is 0.103. The summed E-state index contributed by atoms with van der Waals surface area (Å²) in [6, 6.07) is 1.82. The van der Waals surface area contributed by atoms with Crippen molar-refractivity contribution in [1.82, 2.24) is 0 Å². The lowest BCUT2D eigenvalue weighted by molar-refractivity contribution is -0.136. The Bertz CT molecular complexity index is 301. The van der Waals surface area contributed by atoms with Crippen molar-refractivity contribution in [3.05, 3.63) is 0 Å². The Morgan fingerprint density at radius 1 is 1.38 bits per heavy atom. The number of hydrogen-bond acceptors (Lipinski definition) is 4. The van der Waals surface area contributed by atoms with Crippen molar-refractivity contribution in [1.29, 1.82) is 5.26 Å². The first kappa shape index (κ1) is 11.9. The standard InChI is InChI=1S/C7H11NO4S/c8-4-1-2-5-13(11,12)6-3-7(9)10/h1-3,5-6H2,(H,9,10). The van der Waals surface area contributed by atoms with Crippen LogP contribution in [0, 0.1) is 11.3 Å². The summed E-state index contributed by atoms with van der Waals surface area (Å²) in [5.74, 6) is -1.56. The average Bonchev–Trinajstić information content (AvgIpc) is 2.02. The largest absolute Gasteiger partial charge is 0.481 e. The van der Waals surface area contributed by atoms with Crippen LogP contribution in [0.15, 0.2) is 0 Å². The Labute approximate surface area is 76.9 Å². The third-order valence-electron chi connectivity index (χ3n) is 1.37. The lowest BCUT2D eigenvalue weighted by Crippen LogP contribution is -2.14. The van der Waals surface area contributed by atoms with E-state index in [-0.39, 0.29) is 30.8 Å². The summed E-state index contributed by atoms with van der Waals surface area (Å²) in [7, 11) is -3.28. The van der Waals surface area contributed by atoms with Gasteiger partial charge in [-0.1, -0.05) is 0 Å². The van der Waals surface area contributed by atoms with Gasteiger partial charge in [-0.3, -0.25) is 4.79 Å². The third-order valence-corrected chi connectivity index (χ3v) is 3.11. The van der Waals surface area contributed by atoms with Crippen molar-refractivity contribution in [2.45, 2.75) is 19.3 Å². The zero-order chi connectivity index (χ0) is 10.3. The first-order chi connectivity index (χ1) is 5.98. The second-order valence-corrected chi connectivity index (χ2v) is 4.86. The molecule has 0 amide bonds. The second-order valence-electron chi connectivity index (χ2n) is 2.56. The van der Waals surface area contributed by atoms with E-state index >= 15 is 0 Å². The van der Waals surface area contributed by atoms with Crippen molar-refractivity contribution in [3.8, 4) is 6.07 Å². The van der Waals surface area contributed by atoms with E-state index in [0.29, 0.717) is 0 Å². The highest BCUT2D eigenvalue weighted by Gasteiger charge is 2.12. The maximum Gasteiger partial charge on any atom is 0.304 e. The minimum Gasteiger partial charge on any atom is -0.481 e. The SMILES string of the molecule is N#CCCCS(=O)(=O)CCC(=O)O. The van der Waals surface area contributed by atoms with Gasteiger partial charge in [-0.25, -0.2) is 8.42 Å². The van der Waals surface area contributed by atoms with Crippen LogP contribution in [0.25, 0.3) is 0 Å². The van der Waals surface area contributed by atoms with Gasteiger partial charge in [0.25, 0.3) is 0 Å². The van der Waals surface area contributed by atoms with Gasteiger partial charge >= 0.3 is 5.97 Å². The van der Waals surface area contributed by atoms with Gasteiger partial charge in [-0.15, -0.1) is 0 Å². The summed E-state index contributed by atoms with van der Waals surface area (Å²) in [6.45, 7) is 0. The van der Waals surface area contributed by atoms with Crippen molar-refractivity contribution in [2.75, 3.05) is 11.5 Å². The highest BCUT2D eigenvalue weighted by atomic mass is 32.2. The van der Waals surface area contributed by atoms with Gasteiger partial charge in [-0.2, -0.15) is 5.26 Å². The normalized spacial score (nSPS) is 10.7. The minimum atomic E-state index is -3.28. The number of nitrogens with zero attached hydrogens (tertiary/aromatic N) is 1. The number of carbonyl (C=O) groups is 1. The molecule has 0 spiro atoms. The highest BCUT2D eigenvalue weighted by Crippen LogP contribution is 1.99. The van der Waals surface area contributed by atoms with Gasteiger partial charge in [0.2, 0.25) is 0 Å². The van der Waals surface area contributed by atoms with Crippen molar-refractivity contribution < 1.29 is 18.3 Å². The van der Waals surface area contributed by atoms with Crippen molar-refractivity contribution >= 4 is 15.8 Å². The summed E-state index contributed by atoms with van der Waals surface area (Å²) >= 11 is 0. The summed E-state index contributed by atoms with van der Waals surface area (Å²) in [5, 5.41) is 16.4. The Morgan fingerprint density at radius 2 is 2.00 bits per heavy atom. The Morgan fingerprint density at radius 3 is 2.46 bits per heavy atom. The molecule has 0 atom stereocenters. The molecule has 5 nitrogen and oxygen atoms in total. The molecule has 0 aromatic heterocycles. The summed E-state index contributed by atoms with van der Waals surface area (Å²) in [5.41, 5.74) is 0. The molecule has 0 aromatic rings. The second kappa shape index (κ2) is 5.54. The number of carboxylic acid groups (broad SMARTS) is 1. The monoisotopic (exact) mass is 205 g/mol. The molecule has 0 aliphatic rings. The van der Waals surface area contributed by atoms with Crippen LogP contribution in [0.3, 0.4) is 0 Å². The molecule has 0 saturated heterocycles. The number of aliphatic carboxylic acids is 1. The summed E-state index contributed by atoms with van der Waals surface area (Å²) in [6.07, 6.45) is 0.0969. The van der Waals surface area contributed by atoms with E-state index in [9.17, 15) is 13.2 Å². The summed E-state index contributed by atoms with van der Waals surface area (Å²) in [4.78, 5) is 10.1. The summed E-state index contributed by atoms with van der Waals surface area (Å²) < 4.78 is 22.1.